The van der Waals surface area contributed by atoms with Crippen LogP contribution in [0.15, 0.2) is 0 Å². The Morgan fingerprint density at radius 1 is 1.47 bits per heavy atom. The zero-order valence-electron chi connectivity index (χ0n) is 11.7. The van der Waals surface area contributed by atoms with Crippen molar-refractivity contribution in [1.82, 2.24) is 5.32 Å². The van der Waals surface area contributed by atoms with Gasteiger partial charge in [-0.3, -0.25) is 4.79 Å². The van der Waals surface area contributed by atoms with Crippen molar-refractivity contribution >= 4 is 17.7 Å². The van der Waals surface area contributed by atoms with Gasteiger partial charge in [-0.25, -0.2) is 0 Å². The number of aliphatic carboxylic acids is 1. The fraction of sp³-hybridized carbons (Fsp3) is 0.923. The highest BCUT2D eigenvalue weighted by atomic mass is 32.2. The van der Waals surface area contributed by atoms with Crippen molar-refractivity contribution in [2.45, 2.75) is 43.8 Å². The Balaban J connectivity index is 2.31. The van der Waals surface area contributed by atoms with E-state index in [1.54, 1.807) is 18.7 Å². The summed E-state index contributed by atoms with van der Waals surface area (Å²) >= 11 is 1.58. The number of thioether (sulfide) groups is 1. The van der Waals surface area contributed by atoms with Crippen LogP contribution in [0, 0.1) is 5.92 Å². The van der Waals surface area contributed by atoms with Crippen molar-refractivity contribution in [3.63, 3.8) is 0 Å². The molecule has 112 valence electrons. The molecule has 0 aromatic heterocycles. The van der Waals surface area contributed by atoms with Gasteiger partial charge in [0.15, 0.2) is 0 Å². The second kappa shape index (κ2) is 6.92. The molecule has 0 radical (unpaired) electrons. The molecule has 5 nitrogen and oxygen atoms in total. The molecule has 0 amide bonds. The van der Waals surface area contributed by atoms with E-state index in [0.717, 1.165) is 0 Å². The van der Waals surface area contributed by atoms with Gasteiger partial charge in [-0.1, -0.05) is 0 Å². The Bertz CT molecular complexity index is 301. The van der Waals surface area contributed by atoms with Crippen LogP contribution in [-0.4, -0.2) is 57.6 Å². The highest BCUT2D eigenvalue weighted by Gasteiger charge is 2.35. The van der Waals surface area contributed by atoms with Crippen molar-refractivity contribution < 1.29 is 20.1 Å². The lowest BCUT2D eigenvalue weighted by Gasteiger charge is -2.35. The molecule has 1 saturated carbocycles. The van der Waals surface area contributed by atoms with Gasteiger partial charge in [0.25, 0.3) is 0 Å². The van der Waals surface area contributed by atoms with E-state index in [-0.39, 0.29) is 5.92 Å². The number of rotatable bonds is 7. The number of hydrogen-bond donors (Lipinski definition) is 4. The van der Waals surface area contributed by atoms with Crippen LogP contribution in [0.25, 0.3) is 0 Å². The molecule has 1 rings (SSSR count). The van der Waals surface area contributed by atoms with E-state index in [1.165, 1.54) is 0 Å². The van der Waals surface area contributed by atoms with Crippen molar-refractivity contribution in [3.8, 4) is 0 Å². The van der Waals surface area contributed by atoms with E-state index in [2.05, 4.69) is 5.32 Å². The average Bonchev–Trinajstić information content (AvgIpc) is 2.28. The van der Waals surface area contributed by atoms with Gasteiger partial charge in [0.2, 0.25) is 0 Å². The third kappa shape index (κ3) is 5.69. The van der Waals surface area contributed by atoms with Gasteiger partial charge >= 0.3 is 5.97 Å². The van der Waals surface area contributed by atoms with Gasteiger partial charge < -0.3 is 20.6 Å². The monoisotopic (exact) mass is 291 g/mol. The zero-order valence-corrected chi connectivity index (χ0v) is 12.5. The van der Waals surface area contributed by atoms with Crippen molar-refractivity contribution in [2.75, 3.05) is 25.1 Å². The second-order valence-electron chi connectivity index (χ2n) is 5.87. The van der Waals surface area contributed by atoms with Crippen LogP contribution in [0.4, 0.5) is 0 Å². The molecule has 19 heavy (non-hydrogen) atoms. The highest BCUT2D eigenvalue weighted by molar-refractivity contribution is 7.98. The fourth-order valence-electron chi connectivity index (χ4n) is 2.51. The minimum absolute atomic E-state index is 0.320. The summed E-state index contributed by atoms with van der Waals surface area (Å²) in [5, 5.41) is 32.4. The maximum Gasteiger partial charge on any atom is 0.306 e. The maximum absolute atomic E-state index is 10.9. The standard InChI is InChI=1S/C13H25NO4S/c1-12(17,9-19-2)7-14-8-13(18)5-3-10(4-6-13)11(15)16/h10,14,17-18H,3-9H2,1-2H3,(H,15,16). The first-order valence-corrected chi connectivity index (χ1v) is 8.05. The van der Waals surface area contributed by atoms with Gasteiger partial charge in [0, 0.05) is 18.8 Å². The smallest absolute Gasteiger partial charge is 0.306 e. The summed E-state index contributed by atoms with van der Waals surface area (Å²) < 4.78 is 0. The molecular formula is C13H25NO4S. The van der Waals surface area contributed by atoms with Crippen molar-refractivity contribution in [1.29, 1.82) is 0 Å². The fourth-order valence-corrected chi connectivity index (χ4v) is 3.23. The lowest BCUT2D eigenvalue weighted by molar-refractivity contribution is -0.144. The van der Waals surface area contributed by atoms with E-state index >= 15 is 0 Å². The molecule has 0 aromatic rings. The summed E-state index contributed by atoms with van der Waals surface area (Å²) in [6, 6.07) is 0. The first kappa shape index (κ1) is 16.8. The van der Waals surface area contributed by atoms with Crippen LogP contribution < -0.4 is 5.32 Å². The summed E-state index contributed by atoms with van der Waals surface area (Å²) in [7, 11) is 0. The number of carbonyl (C=O) groups is 1. The first-order chi connectivity index (χ1) is 8.78. The van der Waals surface area contributed by atoms with Crippen LogP contribution in [0.2, 0.25) is 0 Å². The van der Waals surface area contributed by atoms with Gasteiger partial charge in [-0.05, 0) is 38.9 Å². The maximum atomic E-state index is 10.9. The van der Waals surface area contributed by atoms with Gasteiger partial charge in [0.1, 0.15) is 0 Å². The molecule has 0 heterocycles. The van der Waals surface area contributed by atoms with E-state index < -0.39 is 17.2 Å². The number of carboxylic acid groups (broad SMARTS) is 1. The minimum atomic E-state index is -0.832. The Morgan fingerprint density at radius 3 is 2.53 bits per heavy atom. The molecule has 1 atom stereocenters. The molecule has 1 unspecified atom stereocenters. The van der Waals surface area contributed by atoms with E-state index in [9.17, 15) is 15.0 Å². The molecule has 1 aliphatic rings. The van der Waals surface area contributed by atoms with E-state index in [1.807, 2.05) is 6.26 Å². The Hall–Kier alpha value is -0.300. The molecular weight excluding hydrogens is 266 g/mol. The summed E-state index contributed by atoms with van der Waals surface area (Å²) in [4.78, 5) is 10.9. The third-order valence-electron chi connectivity index (χ3n) is 3.68. The average molecular weight is 291 g/mol. The molecule has 0 bridgehead atoms. The normalized spacial score (nSPS) is 30.8. The van der Waals surface area contributed by atoms with Gasteiger partial charge in [0.05, 0.1) is 17.1 Å². The van der Waals surface area contributed by atoms with Crippen LogP contribution in [0.5, 0.6) is 0 Å². The molecule has 1 fully saturated rings. The predicted octanol–water partition coefficient (Wildman–Crippen LogP) is 0.696. The molecule has 6 heteroatoms. The van der Waals surface area contributed by atoms with Crippen LogP contribution in [0.1, 0.15) is 32.6 Å². The van der Waals surface area contributed by atoms with Crippen LogP contribution in [0.3, 0.4) is 0 Å². The SMILES string of the molecule is CSCC(C)(O)CNCC1(O)CCC(C(=O)O)CC1. The van der Waals surface area contributed by atoms with Crippen LogP contribution in [-0.2, 0) is 4.79 Å². The topological polar surface area (TPSA) is 89.8 Å². The molecule has 0 spiro atoms. The number of aliphatic hydroxyl groups is 2. The summed E-state index contributed by atoms with van der Waals surface area (Å²) in [6.07, 6.45) is 3.99. The molecule has 4 N–H and O–H groups in total. The molecule has 0 aliphatic heterocycles. The number of hydrogen-bond acceptors (Lipinski definition) is 5. The number of nitrogens with one attached hydrogen (secondary N) is 1. The lowest BCUT2D eigenvalue weighted by atomic mass is 9.79. The molecule has 0 aromatic carbocycles. The van der Waals surface area contributed by atoms with E-state index in [0.29, 0.717) is 44.5 Å². The largest absolute Gasteiger partial charge is 0.481 e. The van der Waals surface area contributed by atoms with Crippen molar-refractivity contribution in [2.24, 2.45) is 5.92 Å². The van der Waals surface area contributed by atoms with E-state index in [4.69, 9.17) is 5.11 Å². The Morgan fingerprint density at radius 2 is 2.05 bits per heavy atom. The summed E-state index contributed by atoms with van der Waals surface area (Å²) in [5.74, 6) is -0.447. The second-order valence-corrected chi connectivity index (χ2v) is 6.74. The lowest BCUT2D eigenvalue weighted by Crippen LogP contribution is -2.49. The molecule has 1 aliphatic carbocycles. The minimum Gasteiger partial charge on any atom is -0.481 e. The first-order valence-electron chi connectivity index (χ1n) is 6.65. The van der Waals surface area contributed by atoms with Crippen molar-refractivity contribution in [3.05, 3.63) is 0 Å². The summed E-state index contributed by atoms with van der Waals surface area (Å²) in [6.45, 7) is 2.60. The Kier molecular flexibility index (Phi) is 6.11. The van der Waals surface area contributed by atoms with Crippen LogP contribution >= 0.6 is 11.8 Å². The third-order valence-corrected chi connectivity index (χ3v) is 4.59. The quantitative estimate of drug-likeness (QED) is 0.552. The highest BCUT2D eigenvalue weighted by Crippen LogP contribution is 2.31. The summed E-state index contributed by atoms with van der Waals surface area (Å²) in [5.41, 5.74) is -1.62. The number of carboxylic acids is 1. The Labute approximate surface area is 118 Å². The molecule has 0 saturated heterocycles. The van der Waals surface area contributed by atoms with Gasteiger partial charge in [-0.2, -0.15) is 11.8 Å². The zero-order chi connectivity index (χ0) is 14.5. The van der Waals surface area contributed by atoms with Gasteiger partial charge in [-0.15, -0.1) is 0 Å². The predicted molar refractivity (Wildman–Crippen MR) is 76.4 cm³/mol.